The number of ether oxygens (including phenoxy) is 2. The molecule has 1 fully saturated rings. The Kier molecular flexibility index (Phi) is 7.41. The highest BCUT2D eigenvalue weighted by Gasteiger charge is 2.33. The van der Waals surface area contributed by atoms with Crippen molar-refractivity contribution in [2.45, 2.75) is 27.2 Å². The first kappa shape index (κ1) is 21.8. The molecular formula is C23H26N2O4S. The third kappa shape index (κ3) is 4.97. The zero-order valence-electron chi connectivity index (χ0n) is 17.4. The first-order chi connectivity index (χ1) is 14.6. The second-order valence-electron chi connectivity index (χ2n) is 6.52. The molecular weight excluding hydrogens is 400 g/mol. The van der Waals surface area contributed by atoms with E-state index in [1.807, 2.05) is 45.0 Å². The average molecular weight is 427 g/mol. The number of aromatic hydroxyl groups is 1. The number of phenolic OH excluding ortho intramolecular Hbond substituents is 1. The van der Waals surface area contributed by atoms with Gasteiger partial charge in [0.25, 0.3) is 5.91 Å². The molecule has 1 heterocycles. The van der Waals surface area contributed by atoms with Gasteiger partial charge < -0.3 is 14.6 Å². The first-order valence-electron chi connectivity index (χ1n) is 10.0. The van der Waals surface area contributed by atoms with Crippen molar-refractivity contribution >= 4 is 34.6 Å². The van der Waals surface area contributed by atoms with Crippen molar-refractivity contribution in [1.82, 2.24) is 4.90 Å². The van der Waals surface area contributed by atoms with E-state index >= 15 is 0 Å². The Hall–Kier alpha value is -2.93. The Morgan fingerprint density at radius 3 is 2.47 bits per heavy atom. The number of aliphatic imine (C=N–C) groups is 1. The number of carbonyl (C=O) groups is 1. The van der Waals surface area contributed by atoms with Crippen LogP contribution in [0.1, 0.15) is 32.8 Å². The van der Waals surface area contributed by atoms with Gasteiger partial charge in [-0.3, -0.25) is 9.69 Å². The smallest absolute Gasteiger partial charge is 0.266 e. The number of carbonyl (C=O) groups excluding carboxylic acids is 1. The van der Waals surface area contributed by atoms with Crippen molar-refractivity contribution in [3.05, 3.63) is 52.9 Å². The summed E-state index contributed by atoms with van der Waals surface area (Å²) in [4.78, 5) is 19.8. The SMILES string of the molecule is CCCN1C(=O)C(=Cc2cccc(OCC)c2O)SC1=Nc1ccc(OCC)cc1. The van der Waals surface area contributed by atoms with Gasteiger partial charge in [0, 0.05) is 12.1 Å². The fraction of sp³-hybridized carbons (Fsp3) is 0.304. The molecule has 0 atom stereocenters. The molecule has 158 valence electrons. The van der Waals surface area contributed by atoms with E-state index in [1.165, 1.54) is 11.8 Å². The number of benzene rings is 2. The van der Waals surface area contributed by atoms with Gasteiger partial charge in [0.1, 0.15) is 5.75 Å². The lowest BCUT2D eigenvalue weighted by Crippen LogP contribution is -2.29. The zero-order chi connectivity index (χ0) is 21.5. The van der Waals surface area contributed by atoms with Gasteiger partial charge in [-0.15, -0.1) is 0 Å². The van der Waals surface area contributed by atoms with Crippen LogP contribution in [-0.2, 0) is 4.79 Å². The van der Waals surface area contributed by atoms with Crippen molar-refractivity contribution < 1.29 is 19.4 Å². The topological polar surface area (TPSA) is 71.4 Å². The molecule has 0 aromatic heterocycles. The molecule has 1 N–H and O–H groups in total. The molecule has 7 heteroatoms. The number of amidine groups is 1. The van der Waals surface area contributed by atoms with Crippen LogP contribution in [0.2, 0.25) is 0 Å². The number of hydrogen-bond acceptors (Lipinski definition) is 6. The molecule has 0 spiro atoms. The second-order valence-corrected chi connectivity index (χ2v) is 7.52. The van der Waals surface area contributed by atoms with Crippen LogP contribution in [0.3, 0.4) is 0 Å². The molecule has 1 amide bonds. The van der Waals surface area contributed by atoms with Crippen LogP contribution in [0.25, 0.3) is 6.08 Å². The molecule has 0 radical (unpaired) electrons. The molecule has 0 saturated carbocycles. The molecule has 2 aromatic carbocycles. The van der Waals surface area contributed by atoms with Crippen molar-refractivity contribution in [3.63, 3.8) is 0 Å². The molecule has 1 aliphatic rings. The minimum Gasteiger partial charge on any atom is -0.504 e. The van der Waals surface area contributed by atoms with E-state index in [0.717, 1.165) is 17.9 Å². The standard InChI is InChI=1S/C23H26N2O4S/c1-4-14-25-22(27)20(15-16-8-7-9-19(21(16)26)29-6-3)30-23(25)24-17-10-12-18(13-11-17)28-5-2/h7-13,15,26H,4-6,14H2,1-3H3. The normalized spacial score (nSPS) is 16.5. The summed E-state index contributed by atoms with van der Waals surface area (Å²) in [6, 6.07) is 12.7. The van der Waals surface area contributed by atoms with E-state index in [1.54, 1.807) is 29.2 Å². The third-order valence-electron chi connectivity index (χ3n) is 4.32. The van der Waals surface area contributed by atoms with E-state index in [9.17, 15) is 9.90 Å². The van der Waals surface area contributed by atoms with Gasteiger partial charge in [0.15, 0.2) is 16.7 Å². The first-order valence-corrected chi connectivity index (χ1v) is 10.9. The number of rotatable bonds is 8. The van der Waals surface area contributed by atoms with Gasteiger partial charge in [0.2, 0.25) is 0 Å². The highest BCUT2D eigenvalue weighted by Crippen LogP contribution is 2.37. The van der Waals surface area contributed by atoms with Crippen molar-refractivity contribution in [1.29, 1.82) is 0 Å². The molecule has 30 heavy (non-hydrogen) atoms. The van der Waals surface area contributed by atoms with Crippen LogP contribution in [-0.4, -0.2) is 40.8 Å². The third-order valence-corrected chi connectivity index (χ3v) is 5.33. The summed E-state index contributed by atoms with van der Waals surface area (Å²) in [5, 5.41) is 11.1. The van der Waals surface area contributed by atoms with E-state index in [4.69, 9.17) is 9.47 Å². The van der Waals surface area contributed by atoms with Crippen LogP contribution in [0.4, 0.5) is 5.69 Å². The second kappa shape index (κ2) is 10.2. The number of nitrogens with zero attached hydrogens (tertiary/aromatic N) is 2. The van der Waals surface area contributed by atoms with Gasteiger partial charge in [-0.1, -0.05) is 19.1 Å². The van der Waals surface area contributed by atoms with Crippen LogP contribution in [0.5, 0.6) is 17.2 Å². The number of thioether (sulfide) groups is 1. The van der Waals surface area contributed by atoms with Crippen LogP contribution < -0.4 is 9.47 Å². The van der Waals surface area contributed by atoms with Gasteiger partial charge in [-0.2, -0.15) is 0 Å². The van der Waals surface area contributed by atoms with Crippen molar-refractivity contribution in [2.75, 3.05) is 19.8 Å². The molecule has 0 unspecified atom stereocenters. The van der Waals surface area contributed by atoms with Crippen LogP contribution in [0.15, 0.2) is 52.4 Å². The van der Waals surface area contributed by atoms with E-state index in [-0.39, 0.29) is 11.7 Å². The number of phenols is 1. The highest BCUT2D eigenvalue weighted by atomic mass is 32.2. The molecule has 3 rings (SSSR count). The monoisotopic (exact) mass is 426 g/mol. The van der Waals surface area contributed by atoms with Crippen LogP contribution in [0, 0.1) is 0 Å². The Balaban J connectivity index is 1.91. The summed E-state index contributed by atoms with van der Waals surface area (Å²) < 4.78 is 10.9. The lowest BCUT2D eigenvalue weighted by Gasteiger charge is -2.14. The Morgan fingerprint density at radius 1 is 1.07 bits per heavy atom. The largest absolute Gasteiger partial charge is 0.504 e. The number of hydrogen-bond donors (Lipinski definition) is 1. The minimum absolute atomic E-state index is 0.0270. The predicted molar refractivity (Wildman–Crippen MR) is 122 cm³/mol. The summed E-state index contributed by atoms with van der Waals surface area (Å²) in [5.41, 5.74) is 1.29. The maximum Gasteiger partial charge on any atom is 0.266 e. The van der Waals surface area contributed by atoms with Gasteiger partial charge in [-0.05, 0) is 68.4 Å². The maximum atomic E-state index is 13.0. The van der Waals surface area contributed by atoms with Crippen molar-refractivity contribution in [3.8, 4) is 17.2 Å². The maximum absolute atomic E-state index is 13.0. The molecule has 1 saturated heterocycles. The lowest BCUT2D eigenvalue weighted by atomic mass is 10.1. The molecule has 1 aliphatic heterocycles. The fourth-order valence-electron chi connectivity index (χ4n) is 2.98. The minimum atomic E-state index is -0.118. The van der Waals surface area contributed by atoms with Gasteiger partial charge in [-0.25, -0.2) is 4.99 Å². The number of para-hydroxylation sites is 1. The quantitative estimate of drug-likeness (QED) is 0.587. The Labute approximate surface area is 181 Å². The molecule has 2 aromatic rings. The Bertz CT molecular complexity index is 954. The summed E-state index contributed by atoms with van der Waals surface area (Å²) in [5.74, 6) is 1.09. The van der Waals surface area contributed by atoms with Gasteiger partial charge >= 0.3 is 0 Å². The fourth-order valence-corrected chi connectivity index (χ4v) is 3.99. The Morgan fingerprint density at radius 2 is 1.80 bits per heavy atom. The predicted octanol–water partition coefficient (Wildman–Crippen LogP) is 5.20. The van der Waals surface area contributed by atoms with Crippen molar-refractivity contribution in [2.24, 2.45) is 4.99 Å². The van der Waals surface area contributed by atoms with E-state index in [2.05, 4.69) is 4.99 Å². The van der Waals surface area contributed by atoms with E-state index < -0.39 is 0 Å². The zero-order valence-corrected chi connectivity index (χ0v) is 18.2. The lowest BCUT2D eigenvalue weighted by molar-refractivity contribution is -0.122. The van der Waals surface area contributed by atoms with Crippen LogP contribution >= 0.6 is 11.8 Å². The average Bonchev–Trinajstić information content (AvgIpc) is 3.02. The molecule has 0 aliphatic carbocycles. The molecule has 6 nitrogen and oxygen atoms in total. The molecule has 0 bridgehead atoms. The number of amides is 1. The summed E-state index contributed by atoms with van der Waals surface area (Å²) in [6.07, 6.45) is 2.50. The summed E-state index contributed by atoms with van der Waals surface area (Å²) in [6.45, 7) is 7.44. The van der Waals surface area contributed by atoms with Gasteiger partial charge in [0.05, 0.1) is 23.8 Å². The highest BCUT2D eigenvalue weighted by molar-refractivity contribution is 8.18. The summed E-state index contributed by atoms with van der Waals surface area (Å²) >= 11 is 1.30. The van der Waals surface area contributed by atoms with E-state index in [0.29, 0.717) is 41.1 Å². The summed E-state index contributed by atoms with van der Waals surface area (Å²) in [7, 11) is 0.